The highest BCUT2D eigenvalue weighted by Crippen LogP contribution is 2.36. The van der Waals surface area contributed by atoms with Gasteiger partial charge in [0.25, 0.3) is 0 Å². The van der Waals surface area contributed by atoms with Gasteiger partial charge in [-0.2, -0.15) is 0 Å². The molecule has 1 amide bonds. The molecule has 3 N–H and O–H groups in total. The number of thiazole rings is 1. The monoisotopic (exact) mass is 416 g/mol. The topological polar surface area (TPSA) is 105 Å². The average Bonchev–Trinajstić information content (AvgIpc) is 3.27. The maximum Gasteiger partial charge on any atom is 0.238 e. The molecule has 2 heterocycles. The summed E-state index contributed by atoms with van der Waals surface area (Å²) in [6.07, 6.45) is 2.01. The van der Waals surface area contributed by atoms with Crippen molar-refractivity contribution in [2.24, 2.45) is 5.14 Å². The molecule has 146 valence electrons. The molecule has 1 atom stereocenters. The summed E-state index contributed by atoms with van der Waals surface area (Å²) < 4.78 is 23.8. The van der Waals surface area contributed by atoms with E-state index in [1.165, 1.54) is 24.3 Å². The van der Waals surface area contributed by atoms with Gasteiger partial charge in [-0.1, -0.05) is 12.1 Å². The van der Waals surface area contributed by atoms with Gasteiger partial charge < -0.3 is 5.32 Å². The Balaban J connectivity index is 1.43. The predicted molar refractivity (Wildman–Crippen MR) is 110 cm³/mol. The number of nitrogens with one attached hydrogen (secondary N) is 1. The molecule has 9 heteroatoms. The third-order valence-corrected chi connectivity index (χ3v) is 6.84. The molecule has 1 aromatic heterocycles. The Morgan fingerprint density at radius 3 is 2.68 bits per heavy atom. The SMILES string of the molecule is NS(=O)(=O)c1ccc(NC(=O)CN2CCCC2c2nc3ccccc3s2)cc1. The van der Waals surface area contributed by atoms with E-state index in [4.69, 9.17) is 10.1 Å². The first-order chi connectivity index (χ1) is 13.4. The molecular formula is C19H20N4O3S2. The van der Waals surface area contributed by atoms with Crippen LogP contribution >= 0.6 is 11.3 Å². The van der Waals surface area contributed by atoms with E-state index in [0.717, 1.165) is 34.6 Å². The normalized spacial score (nSPS) is 17.8. The number of likely N-dealkylation sites (tertiary alicyclic amines) is 1. The van der Waals surface area contributed by atoms with Crippen LogP contribution in [0, 0.1) is 0 Å². The summed E-state index contributed by atoms with van der Waals surface area (Å²) >= 11 is 1.68. The fraction of sp³-hybridized carbons (Fsp3) is 0.263. The average molecular weight is 417 g/mol. The molecule has 0 aliphatic carbocycles. The number of nitrogens with two attached hydrogens (primary N) is 1. The van der Waals surface area contributed by atoms with Gasteiger partial charge in [0.15, 0.2) is 0 Å². The van der Waals surface area contributed by atoms with Crippen LogP contribution in [0.25, 0.3) is 10.2 Å². The van der Waals surface area contributed by atoms with Gasteiger partial charge in [0.05, 0.1) is 27.7 Å². The summed E-state index contributed by atoms with van der Waals surface area (Å²) in [7, 11) is -3.74. The van der Waals surface area contributed by atoms with Gasteiger partial charge in [-0.3, -0.25) is 9.69 Å². The van der Waals surface area contributed by atoms with Crippen molar-refractivity contribution in [3.05, 3.63) is 53.5 Å². The number of carbonyl (C=O) groups is 1. The predicted octanol–water partition coefficient (Wildman–Crippen LogP) is 2.72. The van der Waals surface area contributed by atoms with Gasteiger partial charge in [-0.25, -0.2) is 18.5 Å². The van der Waals surface area contributed by atoms with Crippen LogP contribution in [0.4, 0.5) is 5.69 Å². The van der Waals surface area contributed by atoms with Crippen molar-refractivity contribution in [1.29, 1.82) is 0 Å². The third kappa shape index (κ3) is 4.07. The van der Waals surface area contributed by atoms with Crippen molar-refractivity contribution in [2.45, 2.75) is 23.8 Å². The standard InChI is InChI=1S/C19H20N4O3S2/c20-28(25,26)14-9-7-13(8-10-14)21-18(24)12-23-11-3-5-16(23)19-22-15-4-1-2-6-17(15)27-19/h1-2,4,6-10,16H,3,5,11-12H2,(H,21,24)(H2,20,25,26). The quantitative estimate of drug-likeness (QED) is 0.665. The van der Waals surface area contributed by atoms with E-state index < -0.39 is 10.0 Å². The van der Waals surface area contributed by atoms with Crippen molar-refractivity contribution < 1.29 is 13.2 Å². The van der Waals surface area contributed by atoms with E-state index in [1.807, 2.05) is 18.2 Å². The number of hydrogen-bond donors (Lipinski definition) is 2. The molecule has 1 fully saturated rings. The molecule has 0 saturated carbocycles. The molecule has 1 aliphatic rings. The van der Waals surface area contributed by atoms with Crippen LogP contribution in [0.2, 0.25) is 0 Å². The Morgan fingerprint density at radius 2 is 1.96 bits per heavy atom. The molecule has 0 radical (unpaired) electrons. The summed E-state index contributed by atoms with van der Waals surface area (Å²) in [6.45, 7) is 1.11. The second kappa shape index (κ2) is 7.59. The van der Waals surface area contributed by atoms with Gasteiger partial charge in [0, 0.05) is 5.69 Å². The molecule has 3 aromatic rings. The zero-order chi connectivity index (χ0) is 19.7. The summed E-state index contributed by atoms with van der Waals surface area (Å²) in [5, 5.41) is 8.95. The Labute approximate surface area is 167 Å². The number of amides is 1. The van der Waals surface area contributed by atoms with E-state index in [0.29, 0.717) is 5.69 Å². The molecule has 2 aromatic carbocycles. The van der Waals surface area contributed by atoms with E-state index in [-0.39, 0.29) is 23.4 Å². The Bertz CT molecular complexity index is 1080. The molecule has 4 rings (SSSR count). The maximum absolute atomic E-state index is 12.5. The van der Waals surface area contributed by atoms with Gasteiger partial charge in [0.1, 0.15) is 5.01 Å². The van der Waals surface area contributed by atoms with Crippen LogP contribution in [0.3, 0.4) is 0 Å². The second-order valence-electron chi connectivity index (χ2n) is 6.77. The first-order valence-corrected chi connectivity index (χ1v) is 11.3. The van der Waals surface area contributed by atoms with Crippen LogP contribution < -0.4 is 10.5 Å². The molecule has 1 unspecified atom stereocenters. The molecule has 7 nitrogen and oxygen atoms in total. The number of hydrogen-bond acceptors (Lipinski definition) is 6. The highest BCUT2D eigenvalue weighted by molar-refractivity contribution is 7.89. The van der Waals surface area contributed by atoms with E-state index >= 15 is 0 Å². The summed E-state index contributed by atoms with van der Waals surface area (Å²) in [4.78, 5) is 19.4. The van der Waals surface area contributed by atoms with Crippen molar-refractivity contribution >= 4 is 43.2 Å². The van der Waals surface area contributed by atoms with Crippen LogP contribution in [0.15, 0.2) is 53.4 Å². The number of primary sulfonamides is 1. The Hall–Kier alpha value is -2.33. The van der Waals surface area contributed by atoms with Crippen LogP contribution in [-0.2, 0) is 14.8 Å². The molecule has 28 heavy (non-hydrogen) atoms. The minimum Gasteiger partial charge on any atom is -0.325 e. The summed E-state index contributed by atoms with van der Waals surface area (Å²) in [5.41, 5.74) is 1.53. The first kappa shape index (κ1) is 19.0. The highest BCUT2D eigenvalue weighted by atomic mass is 32.2. The van der Waals surface area contributed by atoms with Crippen molar-refractivity contribution in [3.8, 4) is 0 Å². The number of nitrogens with zero attached hydrogens (tertiary/aromatic N) is 2. The minimum absolute atomic E-state index is 0.0148. The number of carbonyl (C=O) groups excluding carboxylic acids is 1. The Morgan fingerprint density at radius 1 is 1.21 bits per heavy atom. The summed E-state index contributed by atoms with van der Waals surface area (Å²) in [5.74, 6) is -0.142. The number of fused-ring (bicyclic) bond motifs is 1. The second-order valence-corrected chi connectivity index (χ2v) is 9.39. The number of anilines is 1. The third-order valence-electron chi connectivity index (χ3n) is 4.77. The lowest BCUT2D eigenvalue weighted by atomic mass is 10.2. The van der Waals surface area contributed by atoms with Gasteiger partial charge in [0.2, 0.25) is 15.9 Å². The van der Waals surface area contributed by atoms with Crippen LogP contribution in [0.1, 0.15) is 23.9 Å². The number of para-hydroxylation sites is 1. The van der Waals surface area contributed by atoms with E-state index in [9.17, 15) is 13.2 Å². The Kier molecular flexibility index (Phi) is 5.15. The molecule has 1 saturated heterocycles. The smallest absolute Gasteiger partial charge is 0.238 e. The molecule has 0 bridgehead atoms. The molecule has 1 aliphatic heterocycles. The number of rotatable bonds is 5. The maximum atomic E-state index is 12.5. The zero-order valence-electron chi connectivity index (χ0n) is 15.0. The van der Waals surface area contributed by atoms with Crippen molar-refractivity contribution in [2.75, 3.05) is 18.4 Å². The van der Waals surface area contributed by atoms with Gasteiger partial charge in [-0.05, 0) is 55.8 Å². The number of aromatic nitrogens is 1. The number of benzene rings is 2. The highest BCUT2D eigenvalue weighted by Gasteiger charge is 2.30. The van der Waals surface area contributed by atoms with Gasteiger partial charge in [-0.15, -0.1) is 11.3 Å². The lowest BCUT2D eigenvalue weighted by Gasteiger charge is -2.22. The first-order valence-electron chi connectivity index (χ1n) is 8.92. The fourth-order valence-electron chi connectivity index (χ4n) is 3.44. The zero-order valence-corrected chi connectivity index (χ0v) is 16.7. The van der Waals surface area contributed by atoms with E-state index in [2.05, 4.69) is 16.3 Å². The van der Waals surface area contributed by atoms with Crippen LogP contribution in [0.5, 0.6) is 0 Å². The van der Waals surface area contributed by atoms with Gasteiger partial charge >= 0.3 is 0 Å². The molecule has 0 spiro atoms. The van der Waals surface area contributed by atoms with Crippen molar-refractivity contribution in [1.82, 2.24) is 9.88 Å². The minimum atomic E-state index is -3.74. The molecular weight excluding hydrogens is 396 g/mol. The number of sulfonamides is 1. The largest absolute Gasteiger partial charge is 0.325 e. The lowest BCUT2D eigenvalue weighted by Crippen LogP contribution is -2.32. The van der Waals surface area contributed by atoms with E-state index in [1.54, 1.807) is 11.3 Å². The fourth-order valence-corrected chi connectivity index (χ4v) is 5.09. The van der Waals surface area contributed by atoms with Crippen molar-refractivity contribution in [3.63, 3.8) is 0 Å². The summed E-state index contributed by atoms with van der Waals surface area (Å²) in [6, 6.07) is 14.0. The van der Waals surface area contributed by atoms with Crippen LogP contribution in [-0.4, -0.2) is 37.3 Å². The lowest BCUT2D eigenvalue weighted by molar-refractivity contribution is -0.117.